The van der Waals surface area contributed by atoms with Crippen LogP contribution in [0.1, 0.15) is 15.9 Å². The molecular formula is C15H10F4O2. The van der Waals surface area contributed by atoms with Crippen LogP contribution in [0, 0.1) is 5.82 Å². The standard InChI is InChI=1S/C15H10F4O2/c1-21-14(20)11-5-10(7-13(16)8-11)9-3-2-4-12(6-9)15(17,18)19/h2-8H,1H3. The van der Waals surface area contributed by atoms with Crippen molar-refractivity contribution in [3.63, 3.8) is 0 Å². The topological polar surface area (TPSA) is 26.3 Å². The molecular weight excluding hydrogens is 288 g/mol. The third kappa shape index (κ3) is 3.39. The second-order valence-electron chi connectivity index (χ2n) is 4.30. The molecule has 0 heterocycles. The van der Waals surface area contributed by atoms with Gasteiger partial charge in [0.2, 0.25) is 0 Å². The number of carbonyl (C=O) groups is 1. The van der Waals surface area contributed by atoms with Crippen LogP contribution in [0.3, 0.4) is 0 Å². The SMILES string of the molecule is COC(=O)c1cc(F)cc(-c2cccc(C(F)(F)F)c2)c1. The Morgan fingerprint density at radius 1 is 1.05 bits per heavy atom. The molecule has 2 rings (SSSR count). The molecule has 0 aromatic heterocycles. The average molecular weight is 298 g/mol. The molecule has 0 aliphatic rings. The molecule has 0 unspecified atom stereocenters. The third-order valence-corrected chi connectivity index (χ3v) is 2.84. The van der Waals surface area contributed by atoms with Crippen molar-refractivity contribution in [1.29, 1.82) is 0 Å². The second kappa shape index (κ2) is 5.55. The Hall–Kier alpha value is -2.37. The van der Waals surface area contributed by atoms with Crippen LogP contribution in [0.2, 0.25) is 0 Å². The molecule has 2 nitrogen and oxygen atoms in total. The normalized spacial score (nSPS) is 11.3. The number of methoxy groups -OCH3 is 1. The van der Waals surface area contributed by atoms with Crippen LogP contribution in [0.4, 0.5) is 17.6 Å². The smallest absolute Gasteiger partial charge is 0.416 e. The largest absolute Gasteiger partial charge is 0.465 e. The second-order valence-corrected chi connectivity index (χ2v) is 4.30. The van der Waals surface area contributed by atoms with Crippen molar-refractivity contribution in [2.24, 2.45) is 0 Å². The van der Waals surface area contributed by atoms with Crippen LogP contribution >= 0.6 is 0 Å². The summed E-state index contributed by atoms with van der Waals surface area (Å²) >= 11 is 0. The maximum absolute atomic E-state index is 13.5. The summed E-state index contributed by atoms with van der Waals surface area (Å²) in [6.07, 6.45) is -4.49. The fourth-order valence-electron chi connectivity index (χ4n) is 1.87. The van der Waals surface area contributed by atoms with Crippen molar-refractivity contribution >= 4 is 5.97 Å². The van der Waals surface area contributed by atoms with Crippen molar-refractivity contribution < 1.29 is 27.1 Å². The van der Waals surface area contributed by atoms with Crippen molar-refractivity contribution in [1.82, 2.24) is 0 Å². The summed E-state index contributed by atoms with van der Waals surface area (Å²) in [5, 5.41) is 0. The first-order valence-electron chi connectivity index (χ1n) is 5.88. The van der Waals surface area contributed by atoms with Gasteiger partial charge in [-0.25, -0.2) is 9.18 Å². The lowest BCUT2D eigenvalue weighted by atomic mass is 10.0. The highest BCUT2D eigenvalue weighted by atomic mass is 19.4. The zero-order valence-corrected chi connectivity index (χ0v) is 10.9. The van der Waals surface area contributed by atoms with Gasteiger partial charge in [-0.2, -0.15) is 13.2 Å². The first-order chi connectivity index (χ1) is 9.81. The number of esters is 1. The Morgan fingerprint density at radius 2 is 1.76 bits per heavy atom. The predicted octanol–water partition coefficient (Wildman–Crippen LogP) is 4.30. The Labute approximate surface area is 118 Å². The minimum absolute atomic E-state index is 0.0649. The summed E-state index contributed by atoms with van der Waals surface area (Å²) in [7, 11) is 1.14. The number of halogens is 4. The lowest BCUT2D eigenvalue weighted by Crippen LogP contribution is -2.05. The van der Waals surface area contributed by atoms with Crippen LogP contribution < -0.4 is 0 Å². The fraction of sp³-hybridized carbons (Fsp3) is 0.133. The van der Waals surface area contributed by atoms with E-state index in [1.54, 1.807) is 0 Å². The zero-order chi connectivity index (χ0) is 15.6. The molecule has 0 radical (unpaired) electrons. The molecule has 0 spiro atoms. The molecule has 0 saturated carbocycles. The molecule has 0 aliphatic carbocycles. The summed E-state index contributed by atoms with van der Waals surface area (Å²) in [6.45, 7) is 0. The van der Waals surface area contributed by atoms with Gasteiger partial charge in [-0.1, -0.05) is 12.1 Å². The number of ether oxygens (including phenoxy) is 1. The number of alkyl halides is 3. The molecule has 0 atom stereocenters. The van der Waals surface area contributed by atoms with Gasteiger partial charge in [0.25, 0.3) is 0 Å². The van der Waals surface area contributed by atoms with Crippen LogP contribution in [-0.4, -0.2) is 13.1 Å². The van der Waals surface area contributed by atoms with Crippen molar-refractivity contribution in [3.05, 3.63) is 59.4 Å². The Kier molecular flexibility index (Phi) is 3.97. The summed E-state index contributed by atoms with van der Waals surface area (Å²) < 4.78 is 56.0. The number of rotatable bonds is 2. The van der Waals surface area contributed by atoms with Gasteiger partial charge in [0, 0.05) is 0 Å². The van der Waals surface area contributed by atoms with E-state index >= 15 is 0 Å². The average Bonchev–Trinajstić information content (AvgIpc) is 2.45. The molecule has 0 amide bonds. The van der Waals surface area contributed by atoms with Gasteiger partial charge < -0.3 is 4.74 Å². The molecule has 21 heavy (non-hydrogen) atoms. The van der Waals surface area contributed by atoms with Gasteiger partial charge in [-0.15, -0.1) is 0 Å². The number of benzene rings is 2. The summed E-state index contributed by atoms with van der Waals surface area (Å²) in [5.41, 5.74) is -0.579. The molecule has 0 bridgehead atoms. The van der Waals surface area contributed by atoms with E-state index in [9.17, 15) is 22.4 Å². The lowest BCUT2D eigenvalue weighted by molar-refractivity contribution is -0.137. The third-order valence-electron chi connectivity index (χ3n) is 2.84. The van der Waals surface area contributed by atoms with E-state index < -0.39 is 23.5 Å². The first kappa shape index (κ1) is 15.0. The fourth-order valence-corrected chi connectivity index (χ4v) is 1.87. The van der Waals surface area contributed by atoms with Gasteiger partial charge in [0.05, 0.1) is 18.2 Å². The monoisotopic (exact) mass is 298 g/mol. The van der Waals surface area contributed by atoms with E-state index in [0.717, 1.165) is 31.4 Å². The summed E-state index contributed by atoms with van der Waals surface area (Å²) in [4.78, 5) is 11.4. The van der Waals surface area contributed by atoms with E-state index in [1.807, 2.05) is 0 Å². The molecule has 6 heteroatoms. The van der Waals surface area contributed by atoms with E-state index in [2.05, 4.69) is 4.74 Å². The maximum atomic E-state index is 13.5. The quantitative estimate of drug-likeness (QED) is 0.610. The zero-order valence-electron chi connectivity index (χ0n) is 10.9. The Bertz CT molecular complexity index is 678. The predicted molar refractivity (Wildman–Crippen MR) is 68.2 cm³/mol. The molecule has 0 saturated heterocycles. The van der Waals surface area contributed by atoms with E-state index in [4.69, 9.17) is 0 Å². The number of hydrogen-bond acceptors (Lipinski definition) is 2. The van der Waals surface area contributed by atoms with Gasteiger partial charge >= 0.3 is 12.1 Å². The van der Waals surface area contributed by atoms with Crippen LogP contribution in [-0.2, 0) is 10.9 Å². The minimum Gasteiger partial charge on any atom is -0.465 e. The summed E-state index contributed by atoms with van der Waals surface area (Å²) in [5.74, 6) is -1.49. The number of hydrogen-bond donors (Lipinski definition) is 0. The molecule has 0 aliphatic heterocycles. The van der Waals surface area contributed by atoms with Gasteiger partial charge in [0.1, 0.15) is 5.82 Å². The van der Waals surface area contributed by atoms with Crippen LogP contribution in [0.5, 0.6) is 0 Å². The van der Waals surface area contributed by atoms with Gasteiger partial charge in [-0.05, 0) is 41.5 Å². The molecule has 0 fully saturated rings. The first-order valence-corrected chi connectivity index (χ1v) is 5.88. The molecule has 2 aromatic rings. The lowest BCUT2D eigenvalue weighted by Gasteiger charge is -2.10. The highest BCUT2D eigenvalue weighted by Gasteiger charge is 2.30. The highest BCUT2D eigenvalue weighted by molar-refractivity contribution is 5.91. The van der Waals surface area contributed by atoms with Gasteiger partial charge in [0.15, 0.2) is 0 Å². The van der Waals surface area contributed by atoms with Crippen molar-refractivity contribution in [2.75, 3.05) is 7.11 Å². The van der Waals surface area contributed by atoms with E-state index in [1.165, 1.54) is 18.2 Å². The highest BCUT2D eigenvalue weighted by Crippen LogP contribution is 2.32. The Balaban J connectivity index is 2.52. The minimum atomic E-state index is -4.49. The van der Waals surface area contributed by atoms with Gasteiger partial charge in [-0.3, -0.25) is 0 Å². The van der Waals surface area contributed by atoms with Crippen LogP contribution in [0.25, 0.3) is 11.1 Å². The van der Waals surface area contributed by atoms with E-state index in [0.29, 0.717) is 0 Å². The van der Waals surface area contributed by atoms with Crippen LogP contribution in [0.15, 0.2) is 42.5 Å². The Morgan fingerprint density at radius 3 is 2.38 bits per heavy atom. The summed E-state index contributed by atoms with van der Waals surface area (Å²) in [6, 6.07) is 7.75. The van der Waals surface area contributed by atoms with Crippen molar-refractivity contribution in [2.45, 2.75) is 6.18 Å². The maximum Gasteiger partial charge on any atom is 0.416 e. The molecule has 2 aromatic carbocycles. The van der Waals surface area contributed by atoms with E-state index in [-0.39, 0.29) is 16.7 Å². The molecule has 110 valence electrons. The van der Waals surface area contributed by atoms with Crippen molar-refractivity contribution in [3.8, 4) is 11.1 Å². The molecule has 0 N–H and O–H groups in total. The number of carbonyl (C=O) groups excluding carboxylic acids is 1.